The van der Waals surface area contributed by atoms with Crippen LogP contribution in [0.3, 0.4) is 0 Å². The monoisotopic (exact) mass is 281 g/mol. The Morgan fingerprint density at radius 1 is 1.05 bits per heavy atom. The van der Waals surface area contributed by atoms with Gasteiger partial charge >= 0.3 is 0 Å². The molecule has 0 atom stereocenters. The zero-order valence-electron chi connectivity index (χ0n) is 10.1. The van der Waals surface area contributed by atoms with E-state index in [0.717, 1.165) is 0 Å². The molecule has 0 saturated heterocycles. The van der Waals surface area contributed by atoms with E-state index >= 15 is 0 Å². The van der Waals surface area contributed by atoms with Crippen LogP contribution < -0.4 is 9.46 Å². The number of benzene rings is 2. The highest BCUT2D eigenvalue weighted by Gasteiger charge is 2.17. The van der Waals surface area contributed by atoms with Crippen LogP contribution in [0.25, 0.3) is 0 Å². The summed E-state index contributed by atoms with van der Waals surface area (Å²) in [7, 11) is -2.28. The Labute approximate surface area is 110 Å². The first-order valence-corrected chi connectivity index (χ1v) is 6.97. The molecule has 0 aliphatic heterocycles. The van der Waals surface area contributed by atoms with E-state index < -0.39 is 10.0 Å². The van der Waals surface area contributed by atoms with Gasteiger partial charge in [0.2, 0.25) is 10.0 Å². The Morgan fingerprint density at radius 3 is 2.32 bits per heavy atom. The molecule has 100 valence electrons. The Kier molecular flexibility index (Phi) is 3.82. The second-order valence-corrected chi connectivity index (χ2v) is 5.57. The van der Waals surface area contributed by atoms with Crippen molar-refractivity contribution >= 4 is 10.0 Å². The average molecular weight is 281 g/mol. The summed E-state index contributed by atoms with van der Waals surface area (Å²) in [5.74, 6) is 0.159. The predicted octanol–water partition coefficient (Wildman–Crippen LogP) is 2.53. The zero-order chi connectivity index (χ0) is 13.9. The van der Waals surface area contributed by atoms with E-state index in [1.807, 2.05) is 0 Å². The third kappa shape index (κ3) is 3.10. The fraction of sp³-hybridized carbons (Fsp3) is 0.0769. The number of hydrogen-bond acceptors (Lipinski definition) is 3. The first kappa shape index (κ1) is 13.5. The maximum atomic E-state index is 12.8. The lowest BCUT2D eigenvalue weighted by molar-refractivity contribution is 0.465. The van der Waals surface area contributed by atoms with Crippen LogP contribution in [0.1, 0.15) is 0 Å². The first-order valence-electron chi connectivity index (χ1n) is 5.49. The van der Waals surface area contributed by atoms with Gasteiger partial charge in [-0.2, -0.15) is 0 Å². The maximum absolute atomic E-state index is 12.8. The Hall–Kier alpha value is -1.92. The van der Waals surface area contributed by atoms with Gasteiger partial charge in [-0.1, -0.05) is 12.1 Å². The average Bonchev–Trinajstić information content (AvgIpc) is 2.42. The first-order chi connectivity index (χ1) is 9.03. The molecule has 0 aliphatic carbocycles. The molecule has 1 N–H and O–H groups in total. The number of sulfonamides is 1. The van der Waals surface area contributed by atoms with Crippen LogP contribution in [0.2, 0.25) is 0 Å². The topological polar surface area (TPSA) is 55.4 Å². The molecule has 0 bridgehead atoms. The van der Waals surface area contributed by atoms with E-state index in [2.05, 4.69) is 4.72 Å². The Morgan fingerprint density at radius 2 is 1.68 bits per heavy atom. The van der Waals surface area contributed by atoms with Crippen LogP contribution in [0, 0.1) is 5.82 Å². The number of rotatable bonds is 4. The quantitative estimate of drug-likeness (QED) is 0.937. The molecular formula is C13H12FNO3S. The lowest BCUT2D eigenvalue weighted by Crippen LogP contribution is -2.19. The molecule has 0 radical (unpaired) electrons. The van der Waals surface area contributed by atoms with E-state index in [9.17, 15) is 12.8 Å². The van der Waals surface area contributed by atoms with Crippen molar-refractivity contribution in [2.45, 2.75) is 4.90 Å². The number of ether oxygens (including phenoxy) is 1. The van der Waals surface area contributed by atoms with E-state index in [1.54, 1.807) is 12.1 Å². The highest BCUT2D eigenvalue weighted by Crippen LogP contribution is 2.28. The number of halogens is 1. The summed E-state index contributed by atoms with van der Waals surface area (Å²) in [6, 6.07) is 11.6. The third-order valence-electron chi connectivity index (χ3n) is 2.45. The van der Waals surface area contributed by atoms with E-state index in [0.29, 0.717) is 5.75 Å². The standard InChI is InChI=1S/C13H12FNO3S/c1-15-19(16,17)13-5-3-2-4-12(13)18-11-8-6-10(14)7-9-11/h2-9,15H,1H3. The fourth-order valence-corrected chi connectivity index (χ4v) is 2.35. The van der Waals surface area contributed by atoms with Gasteiger partial charge < -0.3 is 4.74 Å². The summed E-state index contributed by atoms with van der Waals surface area (Å²) in [5.41, 5.74) is 0. The maximum Gasteiger partial charge on any atom is 0.244 e. The number of nitrogens with one attached hydrogen (secondary N) is 1. The lowest BCUT2D eigenvalue weighted by Gasteiger charge is -2.10. The smallest absolute Gasteiger partial charge is 0.244 e. The van der Waals surface area contributed by atoms with Crippen molar-refractivity contribution in [3.05, 3.63) is 54.3 Å². The minimum atomic E-state index is -3.61. The molecule has 0 unspecified atom stereocenters. The molecule has 0 saturated carbocycles. The molecule has 0 heterocycles. The van der Waals surface area contributed by atoms with Crippen LogP contribution in [-0.2, 0) is 10.0 Å². The van der Waals surface area contributed by atoms with E-state index in [4.69, 9.17) is 4.74 Å². The molecule has 0 aromatic heterocycles. The largest absolute Gasteiger partial charge is 0.456 e. The second kappa shape index (κ2) is 5.38. The van der Waals surface area contributed by atoms with Gasteiger partial charge in [-0.15, -0.1) is 0 Å². The van der Waals surface area contributed by atoms with Gasteiger partial charge in [0.15, 0.2) is 0 Å². The van der Waals surface area contributed by atoms with Crippen molar-refractivity contribution < 1.29 is 17.5 Å². The van der Waals surface area contributed by atoms with Crippen molar-refractivity contribution in [1.29, 1.82) is 0 Å². The normalized spacial score (nSPS) is 11.3. The highest BCUT2D eigenvalue weighted by atomic mass is 32.2. The fourth-order valence-electron chi connectivity index (χ4n) is 1.50. The predicted molar refractivity (Wildman–Crippen MR) is 69.2 cm³/mol. The van der Waals surface area contributed by atoms with E-state index in [-0.39, 0.29) is 16.5 Å². The third-order valence-corrected chi connectivity index (χ3v) is 3.90. The van der Waals surface area contributed by atoms with Gasteiger partial charge in [0.05, 0.1) is 0 Å². The SMILES string of the molecule is CNS(=O)(=O)c1ccccc1Oc1ccc(F)cc1. The molecule has 2 aromatic rings. The molecule has 0 fully saturated rings. The molecule has 2 aromatic carbocycles. The molecule has 0 amide bonds. The Bertz CT molecular complexity index is 669. The van der Waals surface area contributed by atoms with Crippen molar-refractivity contribution in [3.8, 4) is 11.5 Å². The van der Waals surface area contributed by atoms with Gasteiger partial charge in [-0.3, -0.25) is 0 Å². The number of para-hydroxylation sites is 1. The summed E-state index contributed by atoms with van der Waals surface area (Å²) in [5, 5.41) is 0. The van der Waals surface area contributed by atoms with Crippen LogP contribution in [0.4, 0.5) is 4.39 Å². The Balaban J connectivity index is 2.38. The van der Waals surface area contributed by atoms with Crippen LogP contribution >= 0.6 is 0 Å². The molecule has 0 spiro atoms. The van der Waals surface area contributed by atoms with Crippen molar-refractivity contribution in [2.75, 3.05) is 7.05 Å². The van der Waals surface area contributed by atoms with Gasteiger partial charge in [-0.25, -0.2) is 17.5 Å². The molecule has 19 heavy (non-hydrogen) atoms. The van der Waals surface area contributed by atoms with Crippen molar-refractivity contribution in [2.24, 2.45) is 0 Å². The minimum absolute atomic E-state index is 0.0295. The molecule has 0 aliphatic rings. The van der Waals surface area contributed by atoms with Gasteiger partial charge in [-0.05, 0) is 43.4 Å². The number of hydrogen-bond donors (Lipinski definition) is 1. The van der Waals surface area contributed by atoms with Gasteiger partial charge in [0.1, 0.15) is 22.2 Å². The molecule has 6 heteroatoms. The van der Waals surface area contributed by atoms with Crippen LogP contribution in [-0.4, -0.2) is 15.5 Å². The van der Waals surface area contributed by atoms with Crippen molar-refractivity contribution in [1.82, 2.24) is 4.72 Å². The van der Waals surface area contributed by atoms with Crippen molar-refractivity contribution in [3.63, 3.8) is 0 Å². The molecular weight excluding hydrogens is 269 g/mol. The second-order valence-electron chi connectivity index (χ2n) is 3.71. The highest BCUT2D eigenvalue weighted by molar-refractivity contribution is 7.89. The summed E-state index contributed by atoms with van der Waals surface area (Å²) in [4.78, 5) is 0.0295. The molecule has 4 nitrogen and oxygen atoms in total. The molecule has 2 rings (SSSR count). The van der Waals surface area contributed by atoms with Crippen LogP contribution in [0.15, 0.2) is 53.4 Å². The lowest BCUT2D eigenvalue weighted by atomic mass is 10.3. The summed E-state index contributed by atoms with van der Waals surface area (Å²) < 4.78 is 44.1. The van der Waals surface area contributed by atoms with Crippen LogP contribution in [0.5, 0.6) is 11.5 Å². The minimum Gasteiger partial charge on any atom is -0.456 e. The van der Waals surface area contributed by atoms with Gasteiger partial charge in [0, 0.05) is 0 Å². The zero-order valence-corrected chi connectivity index (χ0v) is 10.9. The summed E-state index contributed by atoms with van der Waals surface area (Å²) in [6.07, 6.45) is 0. The summed E-state index contributed by atoms with van der Waals surface area (Å²) in [6.45, 7) is 0. The summed E-state index contributed by atoms with van der Waals surface area (Å²) >= 11 is 0. The van der Waals surface area contributed by atoms with E-state index in [1.165, 1.54) is 43.4 Å². The van der Waals surface area contributed by atoms with Gasteiger partial charge in [0.25, 0.3) is 0 Å².